The molecule has 1 amide bonds. The molecule has 0 aliphatic rings. The molecule has 6 nitrogen and oxygen atoms in total. The van der Waals surface area contributed by atoms with Gasteiger partial charge in [0, 0.05) is 5.69 Å². The lowest BCUT2D eigenvalue weighted by Crippen LogP contribution is -2.46. The number of carboxylic acid groups (broad SMARTS) is 1. The zero-order valence-corrected chi connectivity index (χ0v) is 11.4. The highest BCUT2D eigenvalue weighted by molar-refractivity contribution is 5.97. The number of rotatable bonds is 4. The van der Waals surface area contributed by atoms with Gasteiger partial charge < -0.3 is 15.4 Å². The number of aromatic nitrogens is 1. The molecule has 6 heteroatoms. The van der Waals surface area contributed by atoms with E-state index in [9.17, 15) is 14.4 Å². The Labute approximate surface area is 110 Å². The summed E-state index contributed by atoms with van der Waals surface area (Å²) in [5.41, 5.74) is 0.615. The average molecular weight is 266 g/mol. The molecule has 0 bridgehead atoms. The van der Waals surface area contributed by atoms with Crippen LogP contribution in [0.5, 0.6) is 0 Å². The van der Waals surface area contributed by atoms with Gasteiger partial charge in [0.15, 0.2) is 0 Å². The highest BCUT2D eigenvalue weighted by atomic mass is 16.4. The number of carbonyl (C=O) groups is 2. The average Bonchev–Trinajstić information content (AvgIpc) is 2.23. The van der Waals surface area contributed by atoms with Gasteiger partial charge in [-0.05, 0) is 31.4 Å². The molecule has 0 aliphatic heterocycles. The molecular weight excluding hydrogens is 248 g/mol. The summed E-state index contributed by atoms with van der Waals surface area (Å²) < 4.78 is 0. The minimum Gasteiger partial charge on any atom is -0.480 e. The fourth-order valence-corrected chi connectivity index (χ4v) is 1.86. The topological polar surface area (TPSA) is 99.3 Å². The molecule has 0 aromatic carbocycles. The summed E-state index contributed by atoms with van der Waals surface area (Å²) in [5, 5.41) is 11.4. The lowest BCUT2D eigenvalue weighted by molar-refractivity contribution is -0.140. The van der Waals surface area contributed by atoms with Gasteiger partial charge in [0.1, 0.15) is 11.6 Å². The van der Waals surface area contributed by atoms with Gasteiger partial charge in [-0.15, -0.1) is 0 Å². The van der Waals surface area contributed by atoms with Crippen molar-refractivity contribution in [3.8, 4) is 0 Å². The van der Waals surface area contributed by atoms with Crippen LogP contribution in [0.15, 0.2) is 10.9 Å². The summed E-state index contributed by atoms with van der Waals surface area (Å²) in [5.74, 6) is -2.06. The van der Waals surface area contributed by atoms with Gasteiger partial charge in [-0.1, -0.05) is 13.8 Å². The Hall–Kier alpha value is -2.11. The van der Waals surface area contributed by atoms with Gasteiger partial charge in [-0.25, -0.2) is 4.79 Å². The van der Waals surface area contributed by atoms with Gasteiger partial charge >= 0.3 is 5.97 Å². The van der Waals surface area contributed by atoms with Crippen molar-refractivity contribution < 1.29 is 14.7 Å². The zero-order chi connectivity index (χ0) is 14.7. The number of aromatic amines is 1. The van der Waals surface area contributed by atoms with Crippen molar-refractivity contribution in [1.29, 1.82) is 0 Å². The lowest BCUT2D eigenvalue weighted by Gasteiger charge is -2.18. The molecule has 1 aromatic rings. The summed E-state index contributed by atoms with van der Waals surface area (Å²) >= 11 is 0. The number of nitrogens with one attached hydrogen (secondary N) is 2. The molecule has 0 fully saturated rings. The highest BCUT2D eigenvalue weighted by Crippen LogP contribution is 2.07. The van der Waals surface area contributed by atoms with Crippen LogP contribution in [-0.2, 0) is 4.79 Å². The van der Waals surface area contributed by atoms with E-state index in [1.165, 1.54) is 0 Å². The number of carbonyl (C=O) groups excluding carboxylic acids is 1. The number of hydrogen-bond donors (Lipinski definition) is 3. The van der Waals surface area contributed by atoms with Gasteiger partial charge in [0.05, 0.1) is 0 Å². The number of aliphatic carboxylic acids is 1. The molecule has 1 rings (SSSR count). The van der Waals surface area contributed by atoms with E-state index in [0.29, 0.717) is 11.3 Å². The van der Waals surface area contributed by atoms with Crippen LogP contribution in [-0.4, -0.2) is 28.0 Å². The predicted molar refractivity (Wildman–Crippen MR) is 70.3 cm³/mol. The molecular formula is C13H18N2O4. The van der Waals surface area contributed by atoms with E-state index in [-0.39, 0.29) is 11.5 Å². The Balaban J connectivity index is 3.08. The first-order valence-corrected chi connectivity index (χ1v) is 5.98. The molecule has 3 N–H and O–H groups in total. The number of H-pyrrole nitrogens is 1. The first kappa shape index (κ1) is 14.9. The third kappa shape index (κ3) is 3.43. The molecule has 104 valence electrons. The maximum Gasteiger partial charge on any atom is 0.326 e. The predicted octanol–water partition coefficient (Wildman–Crippen LogP) is 0.831. The minimum absolute atomic E-state index is 0.0440. The third-order valence-corrected chi connectivity index (χ3v) is 2.81. The van der Waals surface area contributed by atoms with Crippen molar-refractivity contribution in [3.63, 3.8) is 0 Å². The highest BCUT2D eigenvalue weighted by Gasteiger charge is 2.25. The van der Waals surface area contributed by atoms with E-state index in [2.05, 4.69) is 10.3 Å². The molecule has 0 radical (unpaired) electrons. The Morgan fingerprint density at radius 2 is 1.89 bits per heavy atom. The van der Waals surface area contributed by atoms with Crippen molar-refractivity contribution >= 4 is 11.9 Å². The van der Waals surface area contributed by atoms with Crippen LogP contribution in [0.3, 0.4) is 0 Å². The SMILES string of the molecule is Cc1cc(C)c(C(=O)N[C@@H](C(=O)O)C(C)C)c(=O)[nH]1. The molecule has 0 unspecified atom stereocenters. The number of amides is 1. The summed E-state index contributed by atoms with van der Waals surface area (Å²) in [6.07, 6.45) is 0. The third-order valence-electron chi connectivity index (χ3n) is 2.81. The molecule has 1 heterocycles. The van der Waals surface area contributed by atoms with Crippen molar-refractivity contribution in [1.82, 2.24) is 10.3 Å². The van der Waals surface area contributed by atoms with E-state index in [1.54, 1.807) is 33.8 Å². The number of aryl methyl sites for hydroxylation is 2. The van der Waals surface area contributed by atoms with Gasteiger partial charge in [-0.3, -0.25) is 9.59 Å². The number of hydrogen-bond acceptors (Lipinski definition) is 3. The monoisotopic (exact) mass is 266 g/mol. The van der Waals surface area contributed by atoms with Gasteiger partial charge in [-0.2, -0.15) is 0 Å². The second kappa shape index (κ2) is 5.69. The van der Waals surface area contributed by atoms with Crippen LogP contribution in [0, 0.1) is 19.8 Å². The van der Waals surface area contributed by atoms with Gasteiger partial charge in [0.2, 0.25) is 0 Å². The van der Waals surface area contributed by atoms with Crippen molar-refractivity contribution in [2.75, 3.05) is 0 Å². The Bertz CT molecular complexity index is 560. The Morgan fingerprint density at radius 1 is 1.32 bits per heavy atom. The first-order valence-electron chi connectivity index (χ1n) is 5.98. The quantitative estimate of drug-likeness (QED) is 0.751. The minimum atomic E-state index is -1.12. The van der Waals surface area contributed by atoms with E-state index >= 15 is 0 Å². The molecule has 0 saturated carbocycles. The van der Waals surface area contributed by atoms with E-state index in [1.807, 2.05) is 0 Å². The number of carboxylic acids is 1. The lowest BCUT2D eigenvalue weighted by atomic mass is 10.0. The van der Waals surface area contributed by atoms with Crippen LogP contribution < -0.4 is 10.9 Å². The summed E-state index contributed by atoms with van der Waals surface area (Å²) in [6, 6.07) is 0.647. The fourth-order valence-electron chi connectivity index (χ4n) is 1.86. The Kier molecular flexibility index (Phi) is 4.47. The summed E-state index contributed by atoms with van der Waals surface area (Å²) in [6.45, 7) is 6.73. The second-order valence-corrected chi connectivity index (χ2v) is 4.87. The van der Waals surface area contributed by atoms with E-state index < -0.39 is 23.5 Å². The smallest absolute Gasteiger partial charge is 0.326 e. The first-order chi connectivity index (χ1) is 8.73. The Morgan fingerprint density at radius 3 is 2.32 bits per heavy atom. The molecule has 0 saturated heterocycles. The van der Waals surface area contributed by atoms with Crippen molar-refractivity contribution in [3.05, 3.63) is 33.2 Å². The van der Waals surface area contributed by atoms with E-state index in [4.69, 9.17) is 5.11 Å². The van der Waals surface area contributed by atoms with Crippen LogP contribution >= 0.6 is 0 Å². The molecule has 0 aliphatic carbocycles. The van der Waals surface area contributed by atoms with E-state index in [0.717, 1.165) is 0 Å². The molecule has 19 heavy (non-hydrogen) atoms. The maximum atomic E-state index is 12.0. The zero-order valence-electron chi connectivity index (χ0n) is 11.4. The van der Waals surface area contributed by atoms with Crippen LogP contribution in [0.25, 0.3) is 0 Å². The molecule has 1 atom stereocenters. The van der Waals surface area contributed by atoms with Crippen LogP contribution in [0.4, 0.5) is 0 Å². The van der Waals surface area contributed by atoms with Crippen LogP contribution in [0.1, 0.15) is 35.5 Å². The maximum absolute atomic E-state index is 12.0. The summed E-state index contributed by atoms with van der Waals surface area (Å²) in [4.78, 5) is 37.3. The van der Waals surface area contributed by atoms with Crippen molar-refractivity contribution in [2.24, 2.45) is 5.92 Å². The largest absolute Gasteiger partial charge is 0.480 e. The normalized spacial score (nSPS) is 12.3. The number of pyridine rings is 1. The standard InChI is InChI=1S/C13H18N2O4/c1-6(2)10(13(18)19)15-12(17)9-7(3)5-8(4)14-11(9)16/h5-6,10H,1-4H3,(H,14,16)(H,15,17)(H,18,19)/t10-/m1/s1. The van der Waals surface area contributed by atoms with Crippen molar-refractivity contribution in [2.45, 2.75) is 33.7 Å². The van der Waals surface area contributed by atoms with Gasteiger partial charge in [0.25, 0.3) is 11.5 Å². The molecule has 1 aromatic heterocycles. The fraction of sp³-hybridized carbons (Fsp3) is 0.462. The van der Waals surface area contributed by atoms with Crippen LogP contribution in [0.2, 0.25) is 0 Å². The summed E-state index contributed by atoms with van der Waals surface area (Å²) in [7, 11) is 0. The molecule has 0 spiro atoms. The second-order valence-electron chi connectivity index (χ2n) is 4.87.